The fourth-order valence-electron chi connectivity index (χ4n) is 3.95. The molecule has 2 aromatic carbocycles. The van der Waals surface area contributed by atoms with E-state index in [2.05, 4.69) is 32.2 Å². The van der Waals surface area contributed by atoms with Crippen molar-refractivity contribution < 1.29 is 4.79 Å². The minimum Gasteiger partial charge on any atom is -0.382 e. The molecule has 0 saturated carbocycles. The van der Waals surface area contributed by atoms with Crippen molar-refractivity contribution in [2.24, 2.45) is 7.05 Å². The second-order valence-corrected chi connectivity index (χ2v) is 8.28. The fourth-order valence-corrected chi connectivity index (χ4v) is 3.95. The summed E-state index contributed by atoms with van der Waals surface area (Å²) in [5.74, 6) is 5.98. The van der Waals surface area contributed by atoms with E-state index in [4.69, 9.17) is 10.7 Å². The summed E-state index contributed by atoms with van der Waals surface area (Å²) < 4.78 is 3.15. The Kier molecular flexibility index (Phi) is 6.18. The Morgan fingerprint density at radius 2 is 1.84 bits per heavy atom. The molecule has 0 aliphatic heterocycles. The molecule has 3 N–H and O–H groups in total. The van der Waals surface area contributed by atoms with Gasteiger partial charge in [-0.05, 0) is 31.2 Å². The number of anilines is 1. The molecule has 0 fully saturated rings. The van der Waals surface area contributed by atoms with Gasteiger partial charge in [0.2, 0.25) is 0 Å². The Bertz CT molecular complexity index is 1750. The molecule has 3 aromatic heterocycles. The normalized spacial score (nSPS) is 11.5. The van der Waals surface area contributed by atoms with Gasteiger partial charge in [-0.2, -0.15) is 5.10 Å². The number of carbonyl (C=O) groups excluding carboxylic acids is 1. The van der Waals surface area contributed by atoms with Crippen LogP contribution in [-0.4, -0.2) is 35.2 Å². The largest absolute Gasteiger partial charge is 0.382 e. The van der Waals surface area contributed by atoms with Crippen LogP contribution in [0.15, 0.2) is 78.1 Å². The molecule has 0 aliphatic carbocycles. The van der Waals surface area contributed by atoms with Gasteiger partial charge in [-0.1, -0.05) is 36.1 Å². The van der Waals surface area contributed by atoms with Crippen LogP contribution in [0.5, 0.6) is 0 Å². The zero-order valence-electron chi connectivity index (χ0n) is 20.1. The molecule has 3 heterocycles. The quantitative estimate of drug-likeness (QED) is 0.370. The van der Waals surface area contributed by atoms with Crippen LogP contribution in [0.3, 0.4) is 0 Å². The molecule has 0 saturated heterocycles. The number of rotatable bonds is 4. The molecule has 10 heteroatoms. The van der Waals surface area contributed by atoms with E-state index in [1.54, 1.807) is 54.3 Å². The zero-order valence-corrected chi connectivity index (χ0v) is 20.1. The maximum absolute atomic E-state index is 14.0. The number of fused-ring (bicyclic) bond motifs is 1. The van der Waals surface area contributed by atoms with Crippen molar-refractivity contribution in [3.8, 4) is 17.5 Å². The lowest BCUT2D eigenvalue weighted by Gasteiger charge is -2.20. The average Bonchev–Trinajstić information content (AvgIpc) is 3.32. The molecule has 1 atom stereocenters. The molecule has 1 amide bonds. The predicted octanol–water partition coefficient (Wildman–Crippen LogP) is 2.38. The summed E-state index contributed by atoms with van der Waals surface area (Å²) in [6, 6.07) is 13.8. The van der Waals surface area contributed by atoms with E-state index in [1.807, 2.05) is 25.2 Å². The Labute approximate surface area is 211 Å². The highest BCUT2D eigenvalue weighted by Gasteiger charge is 2.22. The number of nitrogens with two attached hydrogens (primary N) is 1. The van der Waals surface area contributed by atoms with Gasteiger partial charge in [0.15, 0.2) is 11.5 Å². The van der Waals surface area contributed by atoms with Crippen molar-refractivity contribution in [3.63, 3.8) is 0 Å². The van der Waals surface area contributed by atoms with E-state index in [0.717, 1.165) is 5.56 Å². The van der Waals surface area contributed by atoms with Crippen LogP contribution in [0.2, 0.25) is 0 Å². The monoisotopic (exact) mass is 490 g/mol. The fraction of sp³-hybridized carbons (Fsp3) is 0.111. The highest BCUT2D eigenvalue weighted by atomic mass is 16.2. The second kappa shape index (κ2) is 9.75. The lowest BCUT2D eigenvalue weighted by Crippen LogP contribution is -2.34. The van der Waals surface area contributed by atoms with E-state index in [-0.39, 0.29) is 17.1 Å². The second-order valence-electron chi connectivity index (χ2n) is 8.28. The molecule has 0 bridgehead atoms. The first kappa shape index (κ1) is 23.4. The van der Waals surface area contributed by atoms with E-state index >= 15 is 0 Å². The molecule has 5 aromatic rings. The van der Waals surface area contributed by atoms with Gasteiger partial charge in [-0.25, -0.2) is 15.0 Å². The molecular formula is C27H22N8O2. The maximum Gasteiger partial charge on any atom is 0.274 e. The number of nitrogens with zero attached hydrogens (tertiary/aromatic N) is 6. The topological polar surface area (TPSA) is 134 Å². The average molecular weight is 491 g/mol. The van der Waals surface area contributed by atoms with Crippen molar-refractivity contribution >= 4 is 22.6 Å². The molecule has 0 aliphatic rings. The first-order chi connectivity index (χ1) is 17.9. The highest BCUT2D eigenvalue weighted by Crippen LogP contribution is 2.20. The third kappa shape index (κ3) is 4.66. The van der Waals surface area contributed by atoms with Crippen LogP contribution in [0.25, 0.3) is 16.6 Å². The minimum atomic E-state index is -0.670. The molecular weight excluding hydrogens is 468 g/mol. The van der Waals surface area contributed by atoms with Gasteiger partial charge in [0.1, 0.15) is 5.82 Å². The van der Waals surface area contributed by atoms with Crippen molar-refractivity contribution in [3.05, 3.63) is 106 Å². The lowest BCUT2D eigenvalue weighted by molar-refractivity contribution is 0.0933. The Hall–Kier alpha value is -5.30. The SMILES string of the molecule is C[C@H](NC(=O)c1nccnc1N)c1nc2cccc(C#Cc3cnn(C)c3)c2c(=O)n1-c1ccccc1. The van der Waals surface area contributed by atoms with Crippen molar-refractivity contribution in [1.82, 2.24) is 34.6 Å². The minimum absolute atomic E-state index is 0.00305. The van der Waals surface area contributed by atoms with Crippen LogP contribution in [0.4, 0.5) is 5.82 Å². The Morgan fingerprint density at radius 3 is 2.57 bits per heavy atom. The van der Waals surface area contributed by atoms with Gasteiger partial charge in [-0.15, -0.1) is 0 Å². The Balaban J connectivity index is 1.65. The van der Waals surface area contributed by atoms with Crippen molar-refractivity contribution in [2.75, 3.05) is 5.73 Å². The number of aromatic nitrogens is 6. The number of nitrogens with one attached hydrogen (secondary N) is 1. The van der Waals surface area contributed by atoms with Gasteiger partial charge in [0.25, 0.3) is 11.5 Å². The zero-order chi connectivity index (χ0) is 25.9. The van der Waals surface area contributed by atoms with Gasteiger partial charge in [0.05, 0.1) is 34.4 Å². The number of benzene rings is 2. The van der Waals surface area contributed by atoms with Crippen LogP contribution in [0, 0.1) is 11.8 Å². The number of hydrogen-bond acceptors (Lipinski definition) is 7. The van der Waals surface area contributed by atoms with Gasteiger partial charge in [0, 0.05) is 31.2 Å². The van der Waals surface area contributed by atoms with E-state index < -0.39 is 11.9 Å². The standard InChI is InChI=1S/C27H22N8O2/c1-17(32-26(36)23-24(28)30-14-13-29-23)25-33-21-10-6-7-19(12-11-18-15-31-34(2)16-18)22(21)27(37)35(25)20-8-4-3-5-9-20/h3-10,13-17H,1-2H3,(H2,28,30)(H,32,36)/t17-/m0/s1. The van der Waals surface area contributed by atoms with Crippen LogP contribution in [-0.2, 0) is 7.05 Å². The van der Waals surface area contributed by atoms with Crippen molar-refractivity contribution in [2.45, 2.75) is 13.0 Å². The van der Waals surface area contributed by atoms with Crippen molar-refractivity contribution in [1.29, 1.82) is 0 Å². The molecule has 10 nitrogen and oxygen atoms in total. The van der Waals surface area contributed by atoms with Gasteiger partial charge >= 0.3 is 0 Å². The predicted molar refractivity (Wildman–Crippen MR) is 139 cm³/mol. The molecule has 0 unspecified atom stereocenters. The van der Waals surface area contributed by atoms with E-state index in [1.165, 1.54) is 17.0 Å². The van der Waals surface area contributed by atoms with E-state index in [9.17, 15) is 9.59 Å². The smallest absolute Gasteiger partial charge is 0.274 e. The van der Waals surface area contributed by atoms with Gasteiger partial charge in [-0.3, -0.25) is 18.8 Å². The number of para-hydroxylation sites is 1. The summed E-state index contributed by atoms with van der Waals surface area (Å²) in [5, 5.41) is 7.35. The molecule has 37 heavy (non-hydrogen) atoms. The number of hydrogen-bond donors (Lipinski definition) is 2. The molecule has 182 valence electrons. The third-order valence-electron chi connectivity index (χ3n) is 5.66. The lowest BCUT2D eigenvalue weighted by atomic mass is 10.1. The summed E-state index contributed by atoms with van der Waals surface area (Å²) in [6.45, 7) is 1.74. The maximum atomic E-state index is 14.0. The van der Waals surface area contributed by atoms with Crippen LogP contribution < -0.4 is 16.6 Å². The summed E-state index contributed by atoms with van der Waals surface area (Å²) in [6.07, 6.45) is 6.25. The van der Waals surface area contributed by atoms with Gasteiger partial charge < -0.3 is 11.1 Å². The van der Waals surface area contributed by atoms with Crippen LogP contribution >= 0.6 is 0 Å². The summed E-state index contributed by atoms with van der Waals surface area (Å²) in [7, 11) is 1.81. The molecule has 0 radical (unpaired) electrons. The number of amides is 1. The number of nitrogen functional groups attached to an aromatic ring is 1. The third-order valence-corrected chi connectivity index (χ3v) is 5.66. The summed E-state index contributed by atoms with van der Waals surface area (Å²) >= 11 is 0. The molecule has 0 spiro atoms. The number of carbonyl (C=O) groups is 1. The molecule has 5 rings (SSSR count). The first-order valence-corrected chi connectivity index (χ1v) is 11.4. The summed E-state index contributed by atoms with van der Waals surface area (Å²) in [5.41, 5.74) is 7.85. The number of aryl methyl sites for hydroxylation is 1. The highest BCUT2D eigenvalue weighted by molar-refractivity contribution is 5.96. The van der Waals surface area contributed by atoms with E-state index in [0.29, 0.717) is 28.0 Å². The Morgan fingerprint density at radius 1 is 1.05 bits per heavy atom. The van der Waals surface area contributed by atoms with Crippen LogP contribution in [0.1, 0.15) is 40.4 Å². The summed E-state index contributed by atoms with van der Waals surface area (Å²) in [4.78, 5) is 39.6. The first-order valence-electron chi connectivity index (χ1n) is 11.4.